The summed E-state index contributed by atoms with van der Waals surface area (Å²) in [5.74, 6) is -2.58. The first-order chi connectivity index (χ1) is 12.5. The molecule has 2 N–H and O–H groups in total. The monoisotopic (exact) mass is 353 g/mol. The first-order valence-corrected chi connectivity index (χ1v) is 7.61. The lowest BCUT2D eigenvalue weighted by atomic mass is 10.1. The van der Waals surface area contributed by atoms with Gasteiger partial charge >= 0.3 is 0 Å². The molecule has 2 amide bonds. The maximum absolute atomic E-state index is 13.6. The van der Waals surface area contributed by atoms with Gasteiger partial charge in [-0.2, -0.15) is 0 Å². The Bertz CT molecular complexity index is 962. The number of nitrogens with zero attached hydrogens (tertiary/aromatic N) is 1. The summed E-state index contributed by atoms with van der Waals surface area (Å²) in [5, 5.41) is 5.02. The second-order valence-corrected chi connectivity index (χ2v) is 5.35. The Kier molecular flexibility index (Phi) is 4.98. The Balaban J connectivity index is 1.74. The molecule has 0 atom stereocenters. The van der Waals surface area contributed by atoms with E-state index in [1.807, 2.05) is 0 Å². The molecule has 7 heteroatoms. The third kappa shape index (κ3) is 4.07. The summed E-state index contributed by atoms with van der Waals surface area (Å²) in [6.45, 7) is 0. The summed E-state index contributed by atoms with van der Waals surface area (Å²) in [4.78, 5) is 28.3. The number of hydrogen-bond donors (Lipinski definition) is 2. The number of hydrogen-bond acceptors (Lipinski definition) is 3. The lowest BCUT2D eigenvalue weighted by molar-refractivity contribution is 0.101. The summed E-state index contributed by atoms with van der Waals surface area (Å²) in [7, 11) is 0. The van der Waals surface area contributed by atoms with Gasteiger partial charge < -0.3 is 10.6 Å². The van der Waals surface area contributed by atoms with Crippen LogP contribution in [0.4, 0.5) is 20.2 Å². The molecule has 1 aromatic heterocycles. The van der Waals surface area contributed by atoms with Gasteiger partial charge in [0.05, 0.1) is 11.3 Å². The summed E-state index contributed by atoms with van der Waals surface area (Å²) in [5.41, 5.74) is 0.834. The van der Waals surface area contributed by atoms with Gasteiger partial charge in [-0.05, 0) is 42.5 Å². The fourth-order valence-corrected chi connectivity index (χ4v) is 2.22. The summed E-state index contributed by atoms with van der Waals surface area (Å²) in [6, 6.07) is 12.3. The van der Waals surface area contributed by atoms with E-state index in [-0.39, 0.29) is 17.2 Å². The third-order valence-corrected chi connectivity index (χ3v) is 3.49. The molecule has 0 saturated carbocycles. The largest absolute Gasteiger partial charge is 0.322 e. The number of aromatic nitrogens is 1. The van der Waals surface area contributed by atoms with Crippen LogP contribution in [0.1, 0.15) is 20.7 Å². The van der Waals surface area contributed by atoms with E-state index in [4.69, 9.17) is 0 Å². The van der Waals surface area contributed by atoms with Crippen molar-refractivity contribution < 1.29 is 18.4 Å². The highest BCUT2D eigenvalue weighted by molar-refractivity contribution is 6.07. The van der Waals surface area contributed by atoms with Gasteiger partial charge in [0, 0.05) is 29.7 Å². The van der Waals surface area contributed by atoms with Crippen LogP contribution in [-0.2, 0) is 0 Å². The molecule has 0 saturated heterocycles. The average molecular weight is 353 g/mol. The van der Waals surface area contributed by atoms with Crippen LogP contribution in [0.25, 0.3) is 0 Å². The minimum Gasteiger partial charge on any atom is -0.322 e. The fourth-order valence-electron chi connectivity index (χ4n) is 2.22. The van der Waals surface area contributed by atoms with Gasteiger partial charge in [0.25, 0.3) is 11.8 Å². The minimum absolute atomic E-state index is 0.138. The molecule has 130 valence electrons. The number of pyridine rings is 1. The van der Waals surface area contributed by atoms with E-state index in [2.05, 4.69) is 15.6 Å². The van der Waals surface area contributed by atoms with Crippen LogP contribution in [0.2, 0.25) is 0 Å². The second kappa shape index (κ2) is 7.52. The summed E-state index contributed by atoms with van der Waals surface area (Å²) < 4.78 is 26.6. The zero-order valence-electron chi connectivity index (χ0n) is 13.4. The summed E-state index contributed by atoms with van der Waals surface area (Å²) in [6.07, 6.45) is 2.97. The van der Waals surface area contributed by atoms with Crippen molar-refractivity contribution in [2.75, 3.05) is 10.6 Å². The molecule has 0 radical (unpaired) electrons. The topological polar surface area (TPSA) is 71.1 Å². The third-order valence-electron chi connectivity index (χ3n) is 3.49. The van der Waals surface area contributed by atoms with Crippen LogP contribution >= 0.6 is 0 Å². The standard InChI is InChI=1S/C19H13F2N3O2/c20-14-6-7-17(16(21)10-14)24-18(25)12-3-1-5-15(9-12)23-19(26)13-4-2-8-22-11-13/h1-11H,(H,23,26)(H,24,25). The number of nitrogens with one attached hydrogen (secondary N) is 2. The number of amides is 2. The van der Waals surface area contributed by atoms with Crippen LogP contribution in [0.3, 0.4) is 0 Å². The Labute approximate surface area is 147 Å². The Morgan fingerprint density at radius 2 is 1.62 bits per heavy atom. The smallest absolute Gasteiger partial charge is 0.257 e. The molecule has 0 aliphatic heterocycles. The Hall–Kier alpha value is -3.61. The molecule has 3 aromatic rings. The molecule has 3 rings (SSSR count). The highest BCUT2D eigenvalue weighted by Gasteiger charge is 2.12. The molecule has 0 unspecified atom stereocenters. The van der Waals surface area contributed by atoms with Crippen molar-refractivity contribution in [1.29, 1.82) is 0 Å². The van der Waals surface area contributed by atoms with Crippen LogP contribution in [0, 0.1) is 11.6 Å². The SMILES string of the molecule is O=C(Nc1cccc(C(=O)Nc2ccc(F)cc2F)c1)c1cccnc1. The molecule has 26 heavy (non-hydrogen) atoms. The van der Waals surface area contributed by atoms with Gasteiger partial charge in [0.15, 0.2) is 0 Å². The summed E-state index contributed by atoms with van der Waals surface area (Å²) >= 11 is 0. The van der Waals surface area contributed by atoms with Crippen LogP contribution in [-0.4, -0.2) is 16.8 Å². The van der Waals surface area contributed by atoms with Crippen molar-refractivity contribution in [2.24, 2.45) is 0 Å². The van der Waals surface area contributed by atoms with Gasteiger partial charge in [-0.25, -0.2) is 8.78 Å². The maximum atomic E-state index is 13.6. The molecule has 0 aliphatic rings. The quantitative estimate of drug-likeness (QED) is 0.748. The zero-order valence-corrected chi connectivity index (χ0v) is 13.4. The molecular weight excluding hydrogens is 340 g/mol. The van der Waals surface area contributed by atoms with Crippen molar-refractivity contribution in [1.82, 2.24) is 4.98 Å². The maximum Gasteiger partial charge on any atom is 0.257 e. The van der Waals surface area contributed by atoms with E-state index >= 15 is 0 Å². The predicted octanol–water partition coefficient (Wildman–Crippen LogP) is 3.86. The van der Waals surface area contributed by atoms with Crippen LogP contribution in [0.5, 0.6) is 0 Å². The van der Waals surface area contributed by atoms with Gasteiger partial charge in [0.2, 0.25) is 0 Å². The van der Waals surface area contributed by atoms with E-state index in [0.717, 1.165) is 12.1 Å². The van der Waals surface area contributed by atoms with Crippen molar-refractivity contribution in [3.8, 4) is 0 Å². The van der Waals surface area contributed by atoms with Gasteiger partial charge in [-0.3, -0.25) is 14.6 Å². The van der Waals surface area contributed by atoms with E-state index in [0.29, 0.717) is 17.3 Å². The highest BCUT2D eigenvalue weighted by Crippen LogP contribution is 2.18. The number of benzene rings is 2. The fraction of sp³-hybridized carbons (Fsp3) is 0. The number of anilines is 2. The van der Waals surface area contributed by atoms with Gasteiger partial charge in [0.1, 0.15) is 11.6 Å². The first kappa shape index (κ1) is 17.2. The molecular formula is C19H13F2N3O2. The Morgan fingerprint density at radius 1 is 0.846 bits per heavy atom. The van der Waals surface area contributed by atoms with Crippen molar-refractivity contribution in [2.45, 2.75) is 0 Å². The van der Waals surface area contributed by atoms with Gasteiger partial charge in [-0.15, -0.1) is 0 Å². The van der Waals surface area contributed by atoms with Crippen molar-refractivity contribution >= 4 is 23.2 Å². The first-order valence-electron chi connectivity index (χ1n) is 7.61. The minimum atomic E-state index is -0.876. The molecule has 0 aliphatic carbocycles. The molecule has 0 spiro atoms. The van der Waals surface area contributed by atoms with E-state index in [1.54, 1.807) is 30.5 Å². The molecule has 0 fully saturated rings. The molecule has 1 heterocycles. The second-order valence-electron chi connectivity index (χ2n) is 5.35. The van der Waals surface area contributed by atoms with Crippen molar-refractivity contribution in [3.63, 3.8) is 0 Å². The number of carbonyl (C=O) groups is 2. The van der Waals surface area contributed by atoms with Crippen LogP contribution < -0.4 is 10.6 Å². The molecule has 5 nitrogen and oxygen atoms in total. The lowest BCUT2D eigenvalue weighted by Crippen LogP contribution is -2.15. The van der Waals surface area contributed by atoms with Crippen LogP contribution in [0.15, 0.2) is 67.0 Å². The molecule has 2 aromatic carbocycles. The van der Waals surface area contributed by atoms with Crippen molar-refractivity contribution in [3.05, 3.63) is 89.8 Å². The predicted molar refractivity (Wildman–Crippen MR) is 92.9 cm³/mol. The highest BCUT2D eigenvalue weighted by atomic mass is 19.1. The Morgan fingerprint density at radius 3 is 2.35 bits per heavy atom. The molecule has 0 bridgehead atoms. The van der Waals surface area contributed by atoms with E-state index in [9.17, 15) is 18.4 Å². The lowest BCUT2D eigenvalue weighted by Gasteiger charge is -2.09. The van der Waals surface area contributed by atoms with Gasteiger partial charge in [-0.1, -0.05) is 6.07 Å². The average Bonchev–Trinajstić information content (AvgIpc) is 2.65. The van der Waals surface area contributed by atoms with E-state index in [1.165, 1.54) is 18.3 Å². The number of carbonyl (C=O) groups excluding carboxylic acids is 2. The normalized spacial score (nSPS) is 10.2. The number of halogens is 2. The zero-order chi connectivity index (χ0) is 18.5. The van der Waals surface area contributed by atoms with E-state index < -0.39 is 17.5 Å². The number of rotatable bonds is 4.